The molecular formula is C21H23N5O2. The minimum absolute atomic E-state index is 0.00114. The van der Waals surface area contributed by atoms with Crippen LogP contribution in [0, 0.1) is 22.7 Å². The summed E-state index contributed by atoms with van der Waals surface area (Å²) in [6, 6.07) is 10.8. The van der Waals surface area contributed by atoms with Crippen molar-refractivity contribution in [3.8, 4) is 6.07 Å². The third kappa shape index (κ3) is 3.32. The Morgan fingerprint density at radius 2 is 2.00 bits per heavy atom. The van der Waals surface area contributed by atoms with Crippen molar-refractivity contribution in [1.82, 2.24) is 14.9 Å². The number of aromatic nitrogens is 2. The van der Waals surface area contributed by atoms with Crippen molar-refractivity contribution in [3.05, 3.63) is 54.0 Å². The van der Waals surface area contributed by atoms with Gasteiger partial charge >= 0.3 is 0 Å². The van der Waals surface area contributed by atoms with Crippen LogP contribution in [0.5, 0.6) is 0 Å². The summed E-state index contributed by atoms with van der Waals surface area (Å²) < 4.78 is 0. The molecule has 1 unspecified atom stereocenters. The van der Waals surface area contributed by atoms with Crippen molar-refractivity contribution < 1.29 is 9.90 Å². The molecule has 1 spiro atoms. The lowest BCUT2D eigenvalue weighted by molar-refractivity contribution is 0.0416. The van der Waals surface area contributed by atoms with Crippen molar-refractivity contribution in [2.24, 2.45) is 11.3 Å². The number of rotatable bonds is 3. The van der Waals surface area contributed by atoms with Gasteiger partial charge in [-0.05, 0) is 48.6 Å². The number of hydrogen-bond acceptors (Lipinski definition) is 6. The van der Waals surface area contributed by atoms with E-state index in [0.717, 1.165) is 31.7 Å². The quantitative estimate of drug-likeness (QED) is 0.875. The molecule has 0 radical (unpaired) electrons. The van der Waals surface area contributed by atoms with Crippen LogP contribution in [0.4, 0.5) is 5.82 Å². The van der Waals surface area contributed by atoms with E-state index in [1.165, 1.54) is 0 Å². The Kier molecular flexibility index (Phi) is 4.97. The predicted molar refractivity (Wildman–Crippen MR) is 104 cm³/mol. The fourth-order valence-corrected chi connectivity index (χ4v) is 4.52. The third-order valence-electron chi connectivity index (χ3n) is 6.23. The normalized spacial score (nSPS) is 20.9. The van der Waals surface area contributed by atoms with E-state index in [1.807, 2.05) is 11.0 Å². The highest BCUT2D eigenvalue weighted by Crippen LogP contribution is 2.45. The number of anilines is 1. The van der Waals surface area contributed by atoms with Gasteiger partial charge in [0.2, 0.25) is 0 Å². The molecule has 2 aliphatic rings. The molecule has 2 saturated heterocycles. The number of piperidine rings is 1. The molecule has 2 fully saturated rings. The SMILES string of the molecule is N#Cc1ccc(C(=O)N2CCC3(CC2)CN(c2ccncn2)CC3CO)cc1. The molecule has 2 aromatic rings. The van der Waals surface area contributed by atoms with Crippen LogP contribution in [0.3, 0.4) is 0 Å². The molecule has 1 aromatic heterocycles. The van der Waals surface area contributed by atoms with Crippen LogP contribution in [0.2, 0.25) is 0 Å². The first-order valence-electron chi connectivity index (χ1n) is 9.56. The van der Waals surface area contributed by atoms with Gasteiger partial charge in [0.25, 0.3) is 5.91 Å². The second-order valence-corrected chi connectivity index (χ2v) is 7.67. The summed E-state index contributed by atoms with van der Waals surface area (Å²) in [4.78, 5) is 25.2. The van der Waals surface area contributed by atoms with E-state index in [9.17, 15) is 9.90 Å². The molecule has 7 heteroatoms. The smallest absolute Gasteiger partial charge is 0.253 e. The first-order chi connectivity index (χ1) is 13.6. The summed E-state index contributed by atoms with van der Waals surface area (Å²) in [5.74, 6) is 1.07. The van der Waals surface area contributed by atoms with Gasteiger partial charge in [0.05, 0.1) is 11.6 Å². The Morgan fingerprint density at radius 3 is 2.61 bits per heavy atom. The van der Waals surface area contributed by atoms with Gasteiger partial charge in [-0.25, -0.2) is 9.97 Å². The zero-order valence-electron chi connectivity index (χ0n) is 15.7. The number of hydrogen-bond donors (Lipinski definition) is 1. The van der Waals surface area contributed by atoms with Crippen LogP contribution >= 0.6 is 0 Å². The van der Waals surface area contributed by atoms with E-state index < -0.39 is 0 Å². The van der Waals surface area contributed by atoms with Crippen LogP contribution in [0.25, 0.3) is 0 Å². The molecule has 1 atom stereocenters. The van der Waals surface area contributed by atoms with E-state index >= 15 is 0 Å². The van der Waals surface area contributed by atoms with E-state index in [4.69, 9.17) is 5.26 Å². The van der Waals surface area contributed by atoms with Crippen molar-refractivity contribution in [2.75, 3.05) is 37.7 Å². The number of benzene rings is 1. The fourth-order valence-electron chi connectivity index (χ4n) is 4.52. The molecule has 3 heterocycles. The highest BCUT2D eigenvalue weighted by molar-refractivity contribution is 5.94. The maximum Gasteiger partial charge on any atom is 0.253 e. The van der Waals surface area contributed by atoms with Crippen molar-refractivity contribution >= 4 is 11.7 Å². The van der Waals surface area contributed by atoms with Crippen LogP contribution in [0.1, 0.15) is 28.8 Å². The summed E-state index contributed by atoms with van der Waals surface area (Å²) in [6.45, 7) is 3.11. The Hall–Kier alpha value is -2.98. The first kappa shape index (κ1) is 18.4. The lowest BCUT2D eigenvalue weighted by atomic mass is 9.71. The molecule has 0 aliphatic carbocycles. The molecule has 1 N–H and O–H groups in total. The van der Waals surface area contributed by atoms with Gasteiger partial charge in [0, 0.05) is 50.5 Å². The average molecular weight is 377 g/mol. The Balaban J connectivity index is 1.44. The number of amides is 1. The monoisotopic (exact) mass is 377 g/mol. The molecular weight excluding hydrogens is 354 g/mol. The van der Waals surface area contributed by atoms with Crippen LogP contribution in [-0.2, 0) is 0 Å². The Labute approximate surface area is 164 Å². The van der Waals surface area contributed by atoms with Gasteiger partial charge in [0.1, 0.15) is 12.1 Å². The number of aliphatic hydroxyl groups is 1. The van der Waals surface area contributed by atoms with Gasteiger partial charge in [0.15, 0.2) is 0 Å². The average Bonchev–Trinajstić information content (AvgIpc) is 3.12. The maximum absolute atomic E-state index is 12.8. The minimum Gasteiger partial charge on any atom is -0.396 e. The molecule has 1 aromatic carbocycles. The highest BCUT2D eigenvalue weighted by Gasteiger charge is 2.48. The maximum atomic E-state index is 12.8. The second-order valence-electron chi connectivity index (χ2n) is 7.67. The standard InChI is InChI=1S/C21H23N5O2/c22-11-16-1-3-17(4-2-16)20(28)25-9-6-21(7-10-25)14-26(12-18(21)13-27)19-5-8-23-15-24-19/h1-5,8,15,18,27H,6-7,9-10,12-14H2. The molecule has 7 nitrogen and oxygen atoms in total. The van der Waals surface area contributed by atoms with Crippen molar-refractivity contribution in [1.29, 1.82) is 5.26 Å². The molecule has 2 aliphatic heterocycles. The van der Waals surface area contributed by atoms with Gasteiger partial charge in [-0.2, -0.15) is 5.26 Å². The minimum atomic E-state index is 0.00114. The summed E-state index contributed by atoms with van der Waals surface area (Å²) >= 11 is 0. The van der Waals surface area contributed by atoms with E-state index in [-0.39, 0.29) is 23.8 Å². The molecule has 0 saturated carbocycles. The van der Waals surface area contributed by atoms with Gasteiger partial charge < -0.3 is 14.9 Å². The van der Waals surface area contributed by atoms with Gasteiger partial charge in [-0.15, -0.1) is 0 Å². The lowest BCUT2D eigenvalue weighted by Crippen LogP contribution is -2.47. The van der Waals surface area contributed by atoms with Crippen LogP contribution in [0.15, 0.2) is 42.9 Å². The number of likely N-dealkylation sites (tertiary alicyclic amines) is 1. The van der Waals surface area contributed by atoms with E-state index in [1.54, 1.807) is 36.8 Å². The zero-order valence-corrected chi connectivity index (χ0v) is 15.7. The number of nitrogens with zero attached hydrogens (tertiary/aromatic N) is 5. The lowest BCUT2D eigenvalue weighted by Gasteiger charge is -2.42. The van der Waals surface area contributed by atoms with Crippen molar-refractivity contribution in [3.63, 3.8) is 0 Å². The summed E-state index contributed by atoms with van der Waals surface area (Å²) in [5.41, 5.74) is 1.17. The van der Waals surface area contributed by atoms with Crippen LogP contribution < -0.4 is 4.90 Å². The topological polar surface area (TPSA) is 93.4 Å². The third-order valence-corrected chi connectivity index (χ3v) is 6.23. The molecule has 0 bridgehead atoms. The molecule has 1 amide bonds. The van der Waals surface area contributed by atoms with Crippen LogP contribution in [-0.4, -0.2) is 58.7 Å². The Morgan fingerprint density at radius 1 is 1.25 bits per heavy atom. The number of nitriles is 1. The van der Waals surface area contributed by atoms with E-state index in [2.05, 4.69) is 20.9 Å². The van der Waals surface area contributed by atoms with Gasteiger partial charge in [-0.3, -0.25) is 4.79 Å². The fraction of sp³-hybridized carbons (Fsp3) is 0.429. The number of aliphatic hydroxyl groups excluding tert-OH is 1. The molecule has 144 valence electrons. The summed E-state index contributed by atoms with van der Waals surface area (Å²) in [7, 11) is 0. The summed E-state index contributed by atoms with van der Waals surface area (Å²) in [5, 5.41) is 18.9. The second kappa shape index (κ2) is 7.56. The zero-order chi connectivity index (χ0) is 19.6. The van der Waals surface area contributed by atoms with E-state index in [0.29, 0.717) is 24.2 Å². The van der Waals surface area contributed by atoms with Gasteiger partial charge in [-0.1, -0.05) is 0 Å². The number of carbonyl (C=O) groups excluding carboxylic acids is 1. The largest absolute Gasteiger partial charge is 0.396 e. The Bertz CT molecular complexity index is 870. The number of carbonyl (C=O) groups is 1. The highest BCUT2D eigenvalue weighted by atomic mass is 16.3. The first-order valence-corrected chi connectivity index (χ1v) is 9.56. The molecule has 28 heavy (non-hydrogen) atoms. The summed E-state index contributed by atoms with van der Waals surface area (Å²) in [6.07, 6.45) is 5.01. The predicted octanol–water partition coefficient (Wildman–Crippen LogP) is 1.70. The molecule has 4 rings (SSSR count). The van der Waals surface area contributed by atoms with Crippen molar-refractivity contribution in [2.45, 2.75) is 12.8 Å².